The first-order valence-corrected chi connectivity index (χ1v) is 9.28. The van der Waals surface area contributed by atoms with Crippen LogP contribution in [-0.2, 0) is 0 Å². The summed E-state index contributed by atoms with van der Waals surface area (Å²) in [6.45, 7) is 6.54. The zero-order valence-electron chi connectivity index (χ0n) is 13.7. The van der Waals surface area contributed by atoms with Gasteiger partial charge in [-0.2, -0.15) is 0 Å². The highest BCUT2D eigenvalue weighted by Gasteiger charge is 2.33. The van der Waals surface area contributed by atoms with Gasteiger partial charge in [-0.25, -0.2) is 0 Å². The number of halogens is 1. The molecule has 1 aromatic rings. The molecule has 3 nitrogen and oxygen atoms in total. The molecule has 22 heavy (non-hydrogen) atoms. The van der Waals surface area contributed by atoms with E-state index >= 15 is 0 Å². The molecule has 0 fully saturated rings. The topological polar surface area (TPSA) is 43.1 Å². The van der Waals surface area contributed by atoms with Gasteiger partial charge < -0.3 is 0 Å². The molecule has 0 aromatic heterocycles. The van der Waals surface area contributed by atoms with Crippen molar-refractivity contribution >= 4 is 29.1 Å². The number of rotatable bonds is 10. The lowest BCUT2D eigenvalue weighted by molar-refractivity contribution is -0.384. The molecule has 0 amide bonds. The number of non-ortho nitro benzene ring substituents is 1. The van der Waals surface area contributed by atoms with Crippen LogP contribution in [0.25, 0.3) is 0 Å². The van der Waals surface area contributed by atoms with Crippen LogP contribution in [0.5, 0.6) is 0 Å². The number of hydrogen-bond acceptors (Lipinski definition) is 3. The fraction of sp³-hybridized carbons (Fsp3) is 0.647. The van der Waals surface area contributed by atoms with Crippen LogP contribution in [0, 0.1) is 10.1 Å². The van der Waals surface area contributed by atoms with E-state index in [9.17, 15) is 10.1 Å². The minimum absolute atomic E-state index is 0.131. The molecule has 0 bridgehead atoms. The summed E-state index contributed by atoms with van der Waals surface area (Å²) >= 11 is 8.67. The lowest BCUT2D eigenvalue weighted by atomic mass is 9.92. The van der Waals surface area contributed by atoms with Crippen LogP contribution in [0.2, 0.25) is 0 Å². The van der Waals surface area contributed by atoms with E-state index in [-0.39, 0.29) is 20.7 Å². The summed E-state index contributed by atoms with van der Waals surface area (Å²) in [5.74, 6) is 0. The summed E-state index contributed by atoms with van der Waals surface area (Å²) in [5, 5.41) is 11.0. The fourth-order valence-corrected chi connectivity index (χ4v) is 3.98. The Kier molecular flexibility index (Phi) is 8.26. The van der Waals surface area contributed by atoms with Crippen molar-refractivity contribution in [2.45, 2.75) is 74.3 Å². The third-order valence-corrected chi connectivity index (χ3v) is 6.16. The second-order valence-corrected chi connectivity index (χ2v) is 7.92. The first-order chi connectivity index (χ1) is 10.4. The quantitative estimate of drug-likeness (QED) is 0.212. The molecule has 1 atom stereocenters. The van der Waals surface area contributed by atoms with Crippen LogP contribution in [0.4, 0.5) is 5.69 Å². The highest BCUT2D eigenvalue weighted by molar-refractivity contribution is 8.00. The van der Waals surface area contributed by atoms with E-state index in [0.717, 1.165) is 43.4 Å². The highest BCUT2D eigenvalue weighted by atomic mass is 35.5. The Labute approximate surface area is 143 Å². The Morgan fingerprint density at radius 2 is 1.68 bits per heavy atom. The van der Waals surface area contributed by atoms with Crippen molar-refractivity contribution < 1.29 is 4.92 Å². The molecule has 0 aliphatic heterocycles. The van der Waals surface area contributed by atoms with Crippen LogP contribution >= 0.6 is 23.4 Å². The molecule has 1 rings (SSSR count). The number of unbranched alkanes of at least 4 members (excludes halogenated alkanes) is 2. The van der Waals surface area contributed by atoms with Crippen molar-refractivity contribution in [2.75, 3.05) is 0 Å². The highest BCUT2D eigenvalue weighted by Crippen LogP contribution is 2.41. The Morgan fingerprint density at radius 3 is 2.09 bits per heavy atom. The van der Waals surface area contributed by atoms with Crippen molar-refractivity contribution in [2.24, 2.45) is 0 Å². The van der Waals surface area contributed by atoms with Crippen molar-refractivity contribution in [3.05, 3.63) is 34.4 Å². The second-order valence-electron chi connectivity index (χ2n) is 5.75. The Morgan fingerprint density at radius 1 is 1.18 bits per heavy atom. The fourth-order valence-electron chi connectivity index (χ4n) is 2.43. The van der Waals surface area contributed by atoms with Crippen LogP contribution < -0.4 is 0 Å². The normalized spacial score (nSPS) is 13.1. The van der Waals surface area contributed by atoms with E-state index in [1.807, 2.05) is 12.1 Å². The largest absolute Gasteiger partial charge is 0.269 e. The number of alkyl halides is 1. The van der Waals surface area contributed by atoms with Crippen LogP contribution in [0.3, 0.4) is 0 Å². The van der Waals surface area contributed by atoms with Crippen molar-refractivity contribution in [1.82, 2.24) is 0 Å². The molecule has 0 spiro atoms. The Bertz CT molecular complexity index is 456. The average molecular weight is 344 g/mol. The van der Waals surface area contributed by atoms with Crippen molar-refractivity contribution in [3.63, 3.8) is 0 Å². The number of nitrogens with zero attached hydrogens (tertiary/aromatic N) is 1. The summed E-state index contributed by atoms with van der Waals surface area (Å²) in [6, 6.07) is 6.75. The van der Waals surface area contributed by atoms with E-state index in [4.69, 9.17) is 11.6 Å². The van der Waals surface area contributed by atoms with Gasteiger partial charge in [-0.05, 0) is 25.0 Å². The predicted octanol–water partition coefficient (Wildman–Crippen LogP) is 6.43. The smallest absolute Gasteiger partial charge is 0.258 e. The van der Waals surface area contributed by atoms with Gasteiger partial charge >= 0.3 is 0 Å². The molecule has 0 heterocycles. The molecule has 0 radical (unpaired) electrons. The van der Waals surface area contributed by atoms with E-state index in [2.05, 4.69) is 20.8 Å². The lowest BCUT2D eigenvalue weighted by Gasteiger charge is -2.33. The first kappa shape index (κ1) is 19.3. The van der Waals surface area contributed by atoms with Gasteiger partial charge in [-0.15, -0.1) is 23.4 Å². The summed E-state index contributed by atoms with van der Waals surface area (Å²) in [4.78, 5) is 11.2. The maximum Gasteiger partial charge on any atom is 0.269 e. The molecule has 124 valence electrons. The molecule has 0 N–H and O–H groups in total. The maximum atomic E-state index is 10.7. The van der Waals surface area contributed by atoms with Gasteiger partial charge in [0.2, 0.25) is 0 Å². The predicted molar refractivity (Wildman–Crippen MR) is 96.0 cm³/mol. The molecule has 0 unspecified atom stereocenters. The lowest BCUT2D eigenvalue weighted by Crippen LogP contribution is -2.32. The Balaban J connectivity index is 2.76. The van der Waals surface area contributed by atoms with Gasteiger partial charge in [0.05, 0.1) is 9.80 Å². The monoisotopic (exact) mass is 343 g/mol. The zero-order valence-corrected chi connectivity index (χ0v) is 15.3. The second kappa shape index (κ2) is 9.41. The van der Waals surface area contributed by atoms with Crippen molar-refractivity contribution in [3.8, 4) is 0 Å². The van der Waals surface area contributed by atoms with E-state index in [0.29, 0.717) is 0 Å². The Hall–Kier alpha value is -0.740. The van der Waals surface area contributed by atoms with Crippen LogP contribution in [0.1, 0.15) is 59.3 Å². The number of hydrogen-bond donors (Lipinski definition) is 0. The number of nitro benzene ring substituents is 1. The van der Waals surface area contributed by atoms with Gasteiger partial charge in [0, 0.05) is 22.3 Å². The average Bonchev–Trinajstić information content (AvgIpc) is 2.51. The summed E-state index contributed by atoms with van der Waals surface area (Å²) in [6.07, 6.45) is 6.61. The standard InChI is InChI=1S/C17H26ClNO2S/c1-4-6-12-17(18,13-7-5-2)14(3)22-16-10-8-15(9-11-16)19(20)21/h8-11,14H,4-7,12-13H2,1-3H3/t14-/m0/s1. The van der Waals surface area contributed by atoms with Crippen molar-refractivity contribution in [1.29, 1.82) is 0 Å². The summed E-state index contributed by atoms with van der Waals surface area (Å²) in [5.41, 5.74) is 0.131. The molecule has 0 aliphatic rings. The molecule has 1 aromatic carbocycles. The minimum Gasteiger partial charge on any atom is -0.258 e. The third-order valence-electron chi connectivity index (χ3n) is 3.98. The molecule has 0 saturated carbocycles. The molecule has 0 aliphatic carbocycles. The van der Waals surface area contributed by atoms with Gasteiger partial charge in [-0.3, -0.25) is 10.1 Å². The molecular formula is C17H26ClNO2S. The third kappa shape index (κ3) is 5.81. The molecular weight excluding hydrogens is 318 g/mol. The minimum atomic E-state index is -0.369. The van der Waals surface area contributed by atoms with Gasteiger partial charge in [0.15, 0.2) is 0 Å². The van der Waals surface area contributed by atoms with Gasteiger partial charge in [0.25, 0.3) is 5.69 Å². The summed E-state index contributed by atoms with van der Waals surface area (Å²) < 4.78 is 0. The summed E-state index contributed by atoms with van der Waals surface area (Å²) in [7, 11) is 0. The molecule has 5 heteroatoms. The van der Waals surface area contributed by atoms with E-state index in [1.54, 1.807) is 23.9 Å². The van der Waals surface area contributed by atoms with E-state index < -0.39 is 0 Å². The SMILES string of the molecule is CCCCC(Cl)(CCCC)[C@H](C)Sc1ccc([N+](=O)[O-])cc1. The van der Waals surface area contributed by atoms with E-state index in [1.165, 1.54) is 0 Å². The van der Waals surface area contributed by atoms with Gasteiger partial charge in [0.1, 0.15) is 0 Å². The number of benzene rings is 1. The van der Waals surface area contributed by atoms with Crippen LogP contribution in [0.15, 0.2) is 29.2 Å². The van der Waals surface area contributed by atoms with Crippen LogP contribution in [-0.4, -0.2) is 15.0 Å². The first-order valence-electron chi connectivity index (χ1n) is 8.03. The number of nitro groups is 1. The molecule has 0 saturated heterocycles. The maximum absolute atomic E-state index is 10.7. The van der Waals surface area contributed by atoms with Gasteiger partial charge in [-0.1, -0.05) is 46.5 Å². The number of thioether (sulfide) groups is 1. The zero-order chi connectivity index (χ0) is 16.6.